The highest BCUT2D eigenvalue weighted by atomic mass is 79.9. The molecule has 0 atom stereocenters. The molecule has 0 fully saturated rings. The molecular weight excluding hydrogens is 296 g/mol. The van der Waals surface area contributed by atoms with Gasteiger partial charge in [0.25, 0.3) is 0 Å². The summed E-state index contributed by atoms with van der Waals surface area (Å²) in [6.07, 6.45) is 0. The Labute approximate surface area is 113 Å². The van der Waals surface area contributed by atoms with Gasteiger partial charge in [-0.05, 0) is 29.8 Å². The lowest BCUT2D eigenvalue weighted by Gasteiger charge is -2.07. The molecule has 92 valence electrons. The molecule has 0 unspecified atom stereocenters. The Morgan fingerprint density at radius 2 is 1.94 bits per heavy atom. The second-order valence-corrected chi connectivity index (χ2v) is 4.65. The van der Waals surface area contributed by atoms with E-state index >= 15 is 0 Å². The van der Waals surface area contributed by atoms with E-state index in [9.17, 15) is 9.90 Å². The van der Waals surface area contributed by atoms with E-state index in [1.54, 1.807) is 30.3 Å². The fourth-order valence-electron chi connectivity index (χ4n) is 1.70. The molecule has 0 saturated heterocycles. The zero-order valence-electron chi connectivity index (χ0n) is 9.68. The van der Waals surface area contributed by atoms with E-state index in [0.717, 1.165) is 10.0 Å². The van der Waals surface area contributed by atoms with Gasteiger partial charge in [0, 0.05) is 10.0 Å². The van der Waals surface area contributed by atoms with Gasteiger partial charge in [-0.2, -0.15) is 0 Å². The molecule has 2 rings (SSSR count). The molecule has 0 aromatic heterocycles. The topological polar surface area (TPSA) is 46.5 Å². The van der Waals surface area contributed by atoms with Gasteiger partial charge in [-0.25, -0.2) is 4.79 Å². The molecule has 2 aromatic rings. The number of carbonyl (C=O) groups is 1. The van der Waals surface area contributed by atoms with Gasteiger partial charge in [0.05, 0.1) is 12.7 Å². The summed E-state index contributed by atoms with van der Waals surface area (Å²) < 4.78 is 5.44. The van der Waals surface area contributed by atoms with Gasteiger partial charge in [-0.3, -0.25) is 0 Å². The van der Waals surface area contributed by atoms with Gasteiger partial charge in [0.2, 0.25) is 0 Å². The van der Waals surface area contributed by atoms with Crippen LogP contribution < -0.4 is 0 Å². The number of phenolic OH excluding ortho intramolecular Hbond substituents is 1. The smallest absolute Gasteiger partial charge is 0.337 e. The van der Waals surface area contributed by atoms with Crippen molar-refractivity contribution in [3.63, 3.8) is 0 Å². The van der Waals surface area contributed by atoms with Crippen LogP contribution in [0.15, 0.2) is 46.9 Å². The number of hydrogen-bond acceptors (Lipinski definition) is 3. The number of carbonyl (C=O) groups excluding carboxylic acids is 1. The molecule has 0 saturated carbocycles. The highest BCUT2D eigenvalue weighted by molar-refractivity contribution is 9.10. The molecule has 0 aliphatic rings. The van der Waals surface area contributed by atoms with Crippen LogP contribution in [0.3, 0.4) is 0 Å². The predicted molar refractivity (Wildman–Crippen MR) is 72.6 cm³/mol. The first-order valence-electron chi connectivity index (χ1n) is 5.29. The van der Waals surface area contributed by atoms with Crippen molar-refractivity contribution in [2.24, 2.45) is 0 Å². The maximum Gasteiger partial charge on any atom is 0.337 e. The third-order valence-electron chi connectivity index (χ3n) is 2.53. The Hall–Kier alpha value is -1.81. The lowest BCUT2D eigenvalue weighted by molar-refractivity contribution is 0.0600. The molecule has 0 aliphatic carbocycles. The normalized spacial score (nSPS) is 10.1. The number of esters is 1. The van der Waals surface area contributed by atoms with E-state index in [4.69, 9.17) is 4.74 Å². The average molecular weight is 307 g/mol. The molecule has 0 heterocycles. The second-order valence-electron chi connectivity index (χ2n) is 3.74. The lowest BCUT2D eigenvalue weighted by atomic mass is 10.0. The number of halogens is 1. The largest absolute Gasteiger partial charge is 0.507 e. The molecule has 0 aliphatic heterocycles. The summed E-state index contributed by atoms with van der Waals surface area (Å²) in [6, 6.07) is 12.2. The van der Waals surface area contributed by atoms with E-state index in [2.05, 4.69) is 15.9 Å². The minimum atomic E-state index is -0.409. The van der Waals surface area contributed by atoms with Crippen LogP contribution in [0, 0.1) is 0 Å². The average Bonchev–Trinajstić information content (AvgIpc) is 2.37. The van der Waals surface area contributed by atoms with Crippen molar-refractivity contribution in [3.05, 3.63) is 52.5 Å². The highest BCUT2D eigenvalue weighted by Gasteiger charge is 2.10. The van der Waals surface area contributed by atoms with E-state index < -0.39 is 5.97 Å². The monoisotopic (exact) mass is 306 g/mol. The standard InChI is InChI=1S/C14H11BrO3/c1-18-14(17)10-6-9(7-11(15)8-10)12-4-2-3-5-13(12)16/h2-8,16H,1H3. The van der Waals surface area contributed by atoms with Crippen LogP contribution in [0.1, 0.15) is 10.4 Å². The van der Waals surface area contributed by atoms with Crippen LogP contribution in [0.25, 0.3) is 11.1 Å². The SMILES string of the molecule is COC(=O)c1cc(Br)cc(-c2ccccc2O)c1. The number of rotatable bonds is 2. The zero-order chi connectivity index (χ0) is 13.1. The van der Waals surface area contributed by atoms with Crippen LogP contribution in [0.4, 0.5) is 0 Å². The van der Waals surface area contributed by atoms with E-state index in [1.165, 1.54) is 7.11 Å². The maximum atomic E-state index is 11.5. The number of phenols is 1. The second kappa shape index (κ2) is 5.23. The van der Waals surface area contributed by atoms with Gasteiger partial charge in [0.1, 0.15) is 5.75 Å². The van der Waals surface area contributed by atoms with Gasteiger partial charge in [-0.1, -0.05) is 34.1 Å². The van der Waals surface area contributed by atoms with Crippen molar-refractivity contribution in [1.82, 2.24) is 0 Å². The van der Waals surface area contributed by atoms with Gasteiger partial charge >= 0.3 is 5.97 Å². The third kappa shape index (κ3) is 2.54. The minimum absolute atomic E-state index is 0.173. The Kier molecular flexibility index (Phi) is 3.67. The summed E-state index contributed by atoms with van der Waals surface area (Å²) in [5.74, 6) is -0.237. The fraction of sp³-hybridized carbons (Fsp3) is 0.0714. The van der Waals surface area contributed by atoms with Crippen molar-refractivity contribution in [1.29, 1.82) is 0 Å². The van der Waals surface area contributed by atoms with Crippen LogP contribution in [0.5, 0.6) is 5.75 Å². The van der Waals surface area contributed by atoms with Crippen LogP contribution in [-0.4, -0.2) is 18.2 Å². The molecule has 0 bridgehead atoms. The van der Waals surface area contributed by atoms with Crippen LogP contribution in [0.2, 0.25) is 0 Å². The van der Waals surface area contributed by atoms with Gasteiger partial charge in [0.15, 0.2) is 0 Å². The number of hydrogen-bond donors (Lipinski definition) is 1. The van der Waals surface area contributed by atoms with Crippen molar-refractivity contribution in [3.8, 4) is 16.9 Å². The number of methoxy groups -OCH3 is 1. The van der Waals surface area contributed by atoms with Crippen LogP contribution >= 0.6 is 15.9 Å². The number of aromatic hydroxyl groups is 1. The summed E-state index contributed by atoms with van der Waals surface area (Å²) in [5, 5.41) is 9.81. The Morgan fingerprint density at radius 1 is 1.22 bits per heavy atom. The molecule has 0 amide bonds. The summed E-state index contributed by atoms with van der Waals surface area (Å²) in [4.78, 5) is 11.5. The summed E-state index contributed by atoms with van der Waals surface area (Å²) in [6.45, 7) is 0. The molecule has 0 spiro atoms. The highest BCUT2D eigenvalue weighted by Crippen LogP contribution is 2.31. The molecule has 18 heavy (non-hydrogen) atoms. The van der Waals surface area contributed by atoms with Crippen molar-refractivity contribution in [2.75, 3.05) is 7.11 Å². The van der Waals surface area contributed by atoms with E-state index in [0.29, 0.717) is 11.1 Å². The molecular formula is C14H11BrO3. The first-order valence-corrected chi connectivity index (χ1v) is 6.08. The zero-order valence-corrected chi connectivity index (χ0v) is 11.3. The maximum absolute atomic E-state index is 11.5. The summed E-state index contributed by atoms with van der Waals surface area (Å²) >= 11 is 3.34. The first kappa shape index (κ1) is 12.6. The minimum Gasteiger partial charge on any atom is -0.507 e. The predicted octanol–water partition coefficient (Wildman–Crippen LogP) is 3.61. The number of benzene rings is 2. The Bertz CT molecular complexity index is 593. The number of para-hydroxylation sites is 1. The van der Waals surface area contributed by atoms with Crippen molar-refractivity contribution < 1.29 is 14.6 Å². The molecule has 3 nitrogen and oxygen atoms in total. The lowest BCUT2D eigenvalue weighted by Crippen LogP contribution is -2.01. The van der Waals surface area contributed by atoms with E-state index in [1.807, 2.05) is 12.1 Å². The van der Waals surface area contributed by atoms with E-state index in [-0.39, 0.29) is 5.75 Å². The Morgan fingerprint density at radius 3 is 2.61 bits per heavy atom. The first-order chi connectivity index (χ1) is 8.61. The Balaban J connectivity index is 2.55. The molecule has 2 aromatic carbocycles. The quantitative estimate of drug-likeness (QED) is 0.862. The molecule has 4 heteroatoms. The van der Waals surface area contributed by atoms with Crippen LogP contribution in [-0.2, 0) is 4.74 Å². The van der Waals surface area contributed by atoms with Crippen molar-refractivity contribution >= 4 is 21.9 Å². The van der Waals surface area contributed by atoms with Gasteiger partial charge in [-0.15, -0.1) is 0 Å². The summed E-state index contributed by atoms with van der Waals surface area (Å²) in [7, 11) is 1.34. The third-order valence-corrected chi connectivity index (χ3v) is 2.99. The molecule has 0 radical (unpaired) electrons. The summed E-state index contributed by atoms with van der Waals surface area (Å²) in [5.41, 5.74) is 1.86. The fourth-order valence-corrected chi connectivity index (χ4v) is 2.19. The number of ether oxygens (including phenoxy) is 1. The van der Waals surface area contributed by atoms with Gasteiger partial charge < -0.3 is 9.84 Å². The molecule has 1 N–H and O–H groups in total. The van der Waals surface area contributed by atoms with Crippen molar-refractivity contribution in [2.45, 2.75) is 0 Å².